The molecule has 5 heteroatoms. The van der Waals surface area contributed by atoms with E-state index in [1.807, 2.05) is 0 Å². The Balaban J connectivity index is 3.00. The van der Waals surface area contributed by atoms with Gasteiger partial charge in [0.1, 0.15) is 0 Å². The standard InChI is InChI=1S/C7H13N3O2/c8-10-9-6-4-2-1-3-5-7(11)12/h1-6H2,(H,11,12). The predicted octanol–water partition coefficient (Wildman–Crippen LogP) is 2.33. The first kappa shape index (κ1) is 10.8. The van der Waals surface area contributed by atoms with Crippen molar-refractivity contribution in [2.45, 2.75) is 32.1 Å². The first-order valence-corrected chi connectivity index (χ1v) is 4.00. The van der Waals surface area contributed by atoms with Gasteiger partial charge in [-0.3, -0.25) is 4.79 Å². The molecule has 0 aliphatic rings. The molecule has 0 aliphatic carbocycles. The van der Waals surface area contributed by atoms with Crippen LogP contribution in [0.15, 0.2) is 5.11 Å². The monoisotopic (exact) mass is 171 g/mol. The summed E-state index contributed by atoms with van der Waals surface area (Å²) >= 11 is 0. The maximum Gasteiger partial charge on any atom is 0.303 e. The molecular weight excluding hydrogens is 158 g/mol. The van der Waals surface area contributed by atoms with Crippen molar-refractivity contribution in [3.05, 3.63) is 10.4 Å². The van der Waals surface area contributed by atoms with E-state index >= 15 is 0 Å². The summed E-state index contributed by atoms with van der Waals surface area (Å²) in [6, 6.07) is 0. The summed E-state index contributed by atoms with van der Waals surface area (Å²) < 4.78 is 0. The van der Waals surface area contributed by atoms with E-state index in [-0.39, 0.29) is 6.42 Å². The molecule has 0 fully saturated rings. The second kappa shape index (κ2) is 7.88. The Morgan fingerprint density at radius 2 is 2.00 bits per heavy atom. The number of carboxylic acid groups (broad SMARTS) is 1. The average Bonchev–Trinajstić information content (AvgIpc) is 2.02. The van der Waals surface area contributed by atoms with E-state index in [2.05, 4.69) is 10.0 Å². The topological polar surface area (TPSA) is 86.1 Å². The average molecular weight is 171 g/mol. The van der Waals surface area contributed by atoms with Gasteiger partial charge in [-0.1, -0.05) is 18.0 Å². The van der Waals surface area contributed by atoms with Crippen LogP contribution in [0.3, 0.4) is 0 Å². The SMILES string of the molecule is [N-]=[N+]=NCCCCCCC(=O)O. The molecule has 0 aromatic rings. The third kappa shape index (κ3) is 8.78. The molecule has 0 radical (unpaired) electrons. The van der Waals surface area contributed by atoms with Gasteiger partial charge in [-0.15, -0.1) is 0 Å². The van der Waals surface area contributed by atoms with Crippen LogP contribution < -0.4 is 0 Å². The molecule has 0 saturated heterocycles. The smallest absolute Gasteiger partial charge is 0.303 e. The first-order valence-electron chi connectivity index (χ1n) is 4.00. The van der Waals surface area contributed by atoms with Gasteiger partial charge >= 0.3 is 5.97 Å². The molecule has 0 spiro atoms. The summed E-state index contributed by atoms with van der Waals surface area (Å²) in [5.41, 5.74) is 7.92. The number of carboxylic acids is 1. The quantitative estimate of drug-likeness (QED) is 0.276. The highest BCUT2D eigenvalue weighted by Gasteiger charge is 1.95. The van der Waals surface area contributed by atoms with Crippen LogP contribution in [0.2, 0.25) is 0 Å². The van der Waals surface area contributed by atoms with Gasteiger partial charge in [0.05, 0.1) is 0 Å². The molecule has 0 bridgehead atoms. The fourth-order valence-electron chi connectivity index (χ4n) is 0.857. The largest absolute Gasteiger partial charge is 0.481 e. The molecule has 0 aromatic carbocycles. The number of nitrogens with zero attached hydrogens (tertiary/aromatic N) is 3. The van der Waals surface area contributed by atoms with Gasteiger partial charge in [0.25, 0.3) is 0 Å². The predicted molar refractivity (Wildman–Crippen MR) is 44.7 cm³/mol. The zero-order valence-electron chi connectivity index (χ0n) is 6.94. The lowest BCUT2D eigenvalue weighted by Crippen LogP contribution is -1.93. The van der Waals surface area contributed by atoms with Crippen LogP contribution in [-0.2, 0) is 4.79 Å². The number of unbranched alkanes of at least 4 members (excludes halogenated alkanes) is 3. The summed E-state index contributed by atoms with van der Waals surface area (Å²) in [5.74, 6) is -0.745. The fraction of sp³-hybridized carbons (Fsp3) is 0.857. The summed E-state index contributed by atoms with van der Waals surface area (Å²) in [6.07, 6.45) is 3.64. The van der Waals surface area contributed by atoms with Crippen molar-refractivity contribution >= 4 is 5.97 Å². The maximum absolute atomic E-state index is 10.1. The second-order valence-corrected chi connectivity index (χ2v) is 2.51. The van der Waals surface area contributed by atoms with Crippen LogP contribution in [0.5, 0.6) is 0 Å². The molecule has 0 atom stereocenters. The fourth-order valence-corrected chi connectivity index (χ4v) is 0.857. The number of hydrogen-bond acceptors (Lipinski definition) is 2. The van der Waals surface area contributed by atoms with Crippen LogP contribution in [0, 0.1) is 0 Å². The number of hydrogen-bond donors (Lipinski definition) is 1. The summed E-state index contributed by atoms with van der Waals surface area (Å²) in [6.45, 7) is 0.517. The highest BCUT2D eigenvalue weighted by molar-refractivity contribution is 5.66. The third-order valence-corrected chi connectivity index (χ3v) is 1.46. The van der Waals surface area contributed by atoms with Gasteiger partial charge in [0.2, 0.25) is 0 Å². The van der Waals surface area contributed by atoms with Crippen LogP contribution >= 0.6 is 0 Å². The highest BCUT2D eigenvalue weighted by atomic mass is 16.4. The van der Waals surface area contributed by atoms with Crippen molar-refractivity contribution in [3.63, 3.8) is 0 Å². The molecular formula is C7H13N3O2. The number of rotatable bonds is 7. The Bertz CT molecular complexity index is 169. The van der Waals surface area contributed by atoms with Crippen molar-refractivity contribution in [2.24, 2.45) is 5.11 Å². The Hall–Kier alpha value is -1.22. The molecule has 0 rings (SSSR count). The first-order chi connectivity index (χ1) is 5.77. The van der Waals surface area contributed by atoms with Gasteiger partial charge in [0, 0.05) is 17.9 Å². The zero-order valence-corrected chi connectivity index (χ0v) is 6.94. The van der Waals surface area contributed by atoms with Crippen LogP contribution in [0.25, 0.3) is 10.4 Å². The molecule has 68 valence electrons. The van der Waals surface area contributed by atoms with Crippen molar-refractivity contribution in [1.82, 2.24) is 0 Å². The van der Waals surface area contributed by atoms with Crippen molar-refractivity contribution in [3.8, 4) is 0 Å². The molecule has 0 heterocycles. The Kier molecular flexibility index (Phi) is 7.08. The highest BCUT2D eigenvalue weighted by Crippen LogP contribution is 2.02. The molecule has 0 unspecified atom stereocenters. The third-order valence-electron chi connectivity index (χ3n) is 1.46. The normalized spacial score (nSPS) is 9.00. The lowest BCUT2D eigenvalue weighted by atomic mass is 10.1. The van der Waals surface area contributed by atoms with Gasteiger partial charge in [-0.2, -0.15) is 0 Å². The molecule has 1 N–H and O–H groups in total. The van der Waals surface area contributed by atoms with Gasteiger partial charge in [0.15, 0.2) is 0 Å². The molecule has 0 amide bonds. The number of azide groups is 1. The lowest BCUT2D eigenvalue weighted by molar-refractivity contribution is -0.137. The second-order valence-electron chi connectivity index (χ2n) is 2.51. The maximum atomic E-state index is 10.1. The van der Waals surface area contributed by atoms with Crippen LogP contribution in [0.1, 0.15) is 32.1 Å². The van der Waals surface area contributed by atoms with E-state index in [1.165, 1.54) is 0 Å². The zero-order chi connectivity index (χ0) is 9.23. The molecule has 0 saturated carbocycles. The van der Waals surface area contributed by atoms with Gasteiger partial charge in [-0.25, -0.2) is 0 Å². The Morgan fingerprint density at radius 1 is 1.33 bits per heavy atom. The Morgan fingerprint density at radius 3 is 2.58 bits per heavy atom. The minimum Gasteiger partial charge on any atom is -0.481 e. The Labute approximate surface area is 71.0 Å². The van der Waals surface area contributed by atoms with E-state index in [9.17, 15) is 4.79 Å². The van der Waals surface area contributed by atoms with E-state index in [4.69, 9.17) is 10.6 Å². The number of aliphatic carboxylic acids is 1. The van der Waals surface area contributed by atoms with Gasteiger partial charge in [-0.05, 0) is 18.4 Å². The minimum absolute atomic E-state index is 0.238. The van der Waals surface area contributed by atoms with Crippen molar-refractivity contribution in [2.75, 3.05) is 6.54 Å². The summed E-state index contributed by atoms with van der Waals surface area (Å²) in [5, 5.41) is 11.7. The molecule has 5 nitrogen and oxygen atoms in total. The minimum atomic E-state index is -0.745. The van der Waals surface area contributed by atoms with Crippen LogP contribution in [0.4, 0.5) is 0 Å². The van der Waals surface area contributed by atoms with Crippen LogP contribution in [-0.4, -0.2) is 17.6 Å². The van der Waals surface area contributed by atoms with E-state index in [0.29, 0.717) is 13.0 Å². The number of carbonyl (C=O) groups is 1. The van der Waals surface area contributed by atoms with Crippen molar-refractivity contribution < 1.29 is 9.90 Å². The van der Waals surface area contributed by atoms with Gasteiger partial charge < -0.3 is 5.11 Å². The van der Waals surface area contributed by atoms with E-state index < -0.39 is 5.97 Å². The van der Waals surface area contributed by atoms with E-state index in [1.54, 1.807) is 0 Å². The molecule has 0 aliphatic heterocycles. The summed E-state index contributed by atoms with van der Waals surface area (Å²) in [7, 11) is 0. The lowest BCUT2D eigenvalue weighted by Gasteiger charge is -1.95. The summed E-state index contributed by atoms with van der Waals surface area (Å²) in [4.78, 5) is 12.7. The van der Waals surface area contributed by atoms with E-state index in [0.717, 1.165) is 19.3 Å². The molecule has 0 aromatic heterocycles. The molecule has 12 heavy (non-hydrogen) atoms. The van der Waals surface area contributed by atoms with Crippen molar-refractivity contribution in [1.29, 1.82) is 0 Å².